The number of hydrazine groups is 1. The molecule has 0 spiro atoms. The highest BCUT2D eigenvalue weighted by atomic mass is 19.1. The number of urea groups is 1. The Balaban J connectivity index is 1.36. The van der Waals surface area contributed by atoms with Crippen LogP contribution in [0.25, 0.3) is 0 Å². The second kappa shape index (κ2) is 12.4. The van der Waals surface area contributed by atoms with E-state index in [-0.39, 0.29) is 62.8 Å². The van der Waals surface area contributed by atoms with Crippen LogP contribution in [0, 0.1) is 11.6 Å². The van der Waals surface area contributed by atoms with Gasteiger partial charge in [0.2, 0.25) is 11.8 Å². The van der Waals surface area contributed by atoms with E-state index in [1.54, 1.807) is 66.5 Å². The molecule has 9 nitrogen and oxygen atoms in total. The number of fused-ring (bicyclic) bond motifs is 1. The predicted octanol–water partition coefficient (Wildman–Crippen LogP) is 3.29. The van der Waals surface area contributed by atoms with E-state index in [1.165, 1.54) is 33.1 Å². The van der Waals surface area contributed by atoms with Gasteiger partial charge < -0.3 is 19.9 Å². The molecule has 0 saturated carbocycles. The predicted molar refractivity (Wildman–Crippen MR) is 146 cm³/mol. The van der Waals surface area contributed by atoms with Crippen molar-refractivity contribution in [2.45, 2.75) is 25.4 Å². The maximum absolute atomic E-state index is 14.0. The van der Waals surface area contributed by atoms with E-state index in [1.807, 2.05) is 6.07 Å². The number of nitrogens with zero attached hydrogens (tertiary/aromatic N) is 4. The Hall–Kier alpha value is -4.35. The van der Waals surface area contributed by atoms with Gasteiger partial charge >= 0.3 is 6.03 Å². The summed E-state index contributed by atoms with van der Waals surface area (Å²) in [4.78, 5) is 43.7. The number of carbonyl (C=O) groups is 3. The summed E-state index contributed by atoms with van der Waals surface area (Å²) in [5.74, 6) is -1.31. The van der Waals surface area contributed by atoms with Gasteiger partial charge in [-0.2, -0.15) is 0 Å². The van der Waals surface area contributed by atoms with Gasteiger partial charge in [-0.15, -0.1) is 0 Å². The molecule has 5 rings (SSSR count). The molecule has 2 heterocycles. The van der Waals surface area contributed by atoms with Gasteiger partial charge in [-0.05, 0) is 29.3 Å². The Bertz CT molecular complexity index is 1390. The molecule has 0 radical (unpaired) electrons. The lowest BCUT2D eigenvalue weighted by molar-refractivity contribution is -0.188. The maximum atomic E-state index is 14.0. The third-order valence-corrected chi connectivity index (χ3v) is 7.23. The fourth-order valence-corrected chi connectivity index (χ4v) is 5.19. The summed E-state index contributed by atoms with van der Waals surface area (Å²) in [6.07, 6.45) is -0.788. The Morgan fingerprint density at radius 2 is 1.68 bits per heavy atom. The summed E-state index contributed by atoms with van der Waals surface area (Å²) in [5.41, 5.74) is 1.75. The second-order valence-electron chi connectivity index (χ2n) is 9.97. The van der Waals surface area contributed by atoms with Crippen LogP contribution in [-0.2, 0) is 27.5 Å². The Morgan fingerprint density at radius 1 is 0.976 bits per heavy atom. The molecular formula is C30H31F2N5O4. The number of hydrogen-bond donors (Lipinski definition) is 1. The molecule has 41 heavy (non-hydrogen) atoms. The van der Waals surface area contributed by atoms with Crippen LogP contribution in [0.2, 0.25) is 0 Å². The molecule has 214 valence electrons. The Morgan fingerprint density at radius 3 is 2.41 bits per heavy atom. The summed E-state index contributed by atoms with van der Waals surface area (Å²) in [6, 6.07) is 19.7. The maximum Gasteiger partial charge on any atom is 0.334 e. The van der Waals surface area contributed by atoms with E-state index in [0.29, 0.717) is 16.7 Å². The molecule has 2 fully saturated rings. The van der Waals surface area contributed by atoms with Gasteiger partial charge in [-0.25, -0.2) is 23.6 Å². The highest BCUT2D eigenvalue weighted by Crippen LogP contribution is 2.34. The Kier molecular flexibility index (Phi) is 8.55. The van der Waals surface area contributed by atoms with Crippen molar-refractivity contribution in [2.24, 2.45) is 0 Å². The third-order valence-electron chi connectivity index (χ3n) is 7.23. The molecule has 0 aliphatic carbocycles. The molecule has 2 aliphatic rings. The number of nitrogens with one attached hydrogen (secondary N) is 1. The number of carbonyl (C=O) groups excluding carboxylic acids is 3. The van der Waals surface area contributed by atoms with Gasteiger partial charge in [-0.3, -0.25) is 9.59 Å². The summed E-state index contributed by atoms with van der Waals surface area (Å²) in [7, 11) is 1.64. The average Bonchev–Trinajstić information content (AvgIpc) is 2.97. The first kappa shape index (κ1) is 28.2. The lowest BCUT2D eigenvalue weighted by atomic mass is 9.99. The van der Waals surface area contributed by atoms with E-state index >= 15 is 0 Å². The minimum Gasteiger partial charge on any atom is -0.375 e. The van der Waals surface area contributed by atoms with Crippen LogP contribution in [0.15, 0.2) is 78.9 Å². The van der Waals surface area contributed by atoms with Crippen LogP contribution in [-0.4, -0.2) is 77.1 Å². The van der Waals surface area contributed by atoms with Crippen molar-refractivity contribution in [3.8, 4) is 0 Å². The summed E-state index contributed by atoms with van der Waals surface area (Å²) >= 11 is 0. The molecule has 1 N–H and O–H groups in total. The first-order valence-corrected chi connectivity index (χ1v) is 13.3. The first-order valence-electron chi connectivity index (χ1n) is 13.3. The molecule has 11 heteroatoms. The van der Waals surface area contributed by atoms with E-state index in [4.69, 9.17) is 4.74 Å². The highest BCUT2D eigenvalue weighted by Gasteiger charge is 2.51. The van der Waals surface area contributed by atoms with Crippen molar-refractivity contribution in [1.29, 1.82) is 0 Å². The molecular weight excluding hydrogens is 532 g/mol. The fraction of sp³-hybridized carbons (Fsp3) is 0.300. The van der Waals surface area contributed by atoms with E-state index < -0.39 is 18.2 Å². The summed E-state index contributed by atoms with van der Waals surface area (Å²) in [5, 5.41) is 5.82. The molecule has 2 atom stereocenters. The molecule has 2 aliphatic heterocycles. The van der Waals surface area contributed by atoms with Crippen LogP contribution in [0.3, 0.4) is 0 Å². The lowest BCUT2D eigenvalue weighted by Crippen LogP contribution is -2.73. The van der Waals surface area contributed by atoms with Gasteiger partial charge in [0.1, 0.15) is 23.8 Å². The summed E-state index contributed by atoms with van der Waals surface area (Å²) in [6.45, 7) is 0.483. The number of amides is 4. The molecule has 4 amide bonds. The van der Waals surface area contributed by atoms with Crippen LogP contribution < -0.4 is 5.32 Å². The standard InChI is InChI=1S/C30H31F2N5O4/c1-34-19-27(38)36-26(37(34)30(40)33-17-21-11-13-24(31)14-12-21)18-35(29(39)28(36)22-7-3-2-4-8-22)15-16-41-20-23-9-5-6-10-25(23)32/h2-14,26,28H,15-20H2,1H3,(H,33,40)/t26-,28-/m0/s1. The van der Waals surface area contributed by atoms with Crippen LogP contribution in [0.4, 0.5) is 13.6 Å². The van der Waals surface area contributed by atoms with Crippen molar-refractivity contribution in [3.63, 3.8) is 0 Å². The van der Waals surface area contributed by atoms with Gasteiger partial charge in [0.15, 0.2) is 0 Å². The zero-order chi connectivity index (χ0) is 28.9. The summed E-state index contributed by atoms with van der Waals surface area (Å²) < 4.78 is 33.0. The smallest absolute Gasteiger partial charge is 0.334 e. The van der Waals surface area contributed by atoms with Crippen LogP contribution >= 0.6 is 0 Å². The molecule has 0 aromatic heterocycles. The molecule has 0 bridgehead atoms. The SMILES string of the molecule is CN1CC(=O)N2[C@@H](c3ccccc3)C(=O)N(CCOCc3ccccc3F)C[C@@H]2N1C(=O)NCc1ccc(F)cc1. The highest BCUT2D eigenvalue weighted by molar-refractivity contribution is 5.92. The number of halogens is 2. The average molecular weight is 564 g/mol. The van der Waals surface area contributed by atoms with Crippen molar-refractivity contribution in [1.82, 2.24) is 25.1 Å². The van der Waals surface area contributed by atoms with Crippen LogP contribution in [0.1, 0.15) is 22.7 Å². The van der Waals surface area contributed by atoms with Crippen molar-refractivity contribution in [3.05, 3.63) is 107 Å². The monoisotopic (exact) mass is 563 g/mol. The number of piperazine rings is 1. The number of rotatable bonds is 8. The van der Waals surface area contributed by atoms with Gasteiger partial charge in [-0.1, -0.05) is 60.7 Å². The minimum absolute atomic E-state index is 0.0471. The van der Waals surface area contributed by atoms with Gasteiger partial charge in [0.25, 0.3) is 0 Å². The van der Waals surface area contributed by atoms with Crippen LogP contribution in [0.5, 0.6) is 0 Å². The molecule has 0 unspecified atom stereocenters. The zero-order valence-corrected chi connectivity index (χ0v) is 22.6. The number of ether oxygens (including phenoxy) is 1. The topological polar surface area (TPSA) is 85.4 Å². The zero-order valence-electron chi connectivity index (χ0n) is 22.6. The van der Waals surface area contributed by atoms with E-state index in [2.05, 4.69) is 5.32 Å². The lowest BCUT2D eigenvalue weighted by Gasteiger charge is -2.54. The Labute approximate surface area is 236 Å². The van der Waals surface area contributed by atoms with Crippen molar-refractivity contribution < 1.29 is 27.9 Å². The number of benzene rings is 3. The first-order chi connectivity index (χ1) is 19.8. The van der Waals surface area contributed by atoms with E-state index in [0.717, 1.165) is 0 Å². The van der Waals surface area contributed by atoms with Crippen molar-refractivity contribution >= 4 is 17.8 Å². The normalized spacial score (nSPS) is 19.3. The second-order valence-corrected chi connectivity index (χ2v) is 9.97. The number of hydrogen-bond acceptors (Lipinski definition) is 5. The molecule has 3 aromatic rings. The quantitative estimate of drug-likeness (QED) is 0.426. The van der Waals surface area contributed by atoms with Gasteiger partial charge in [0.05, 0.1) is 26.3 Å². The van der Waals surface area contributed by atoms with Gasteiger partial charge in [0, 0.05) is 25.7 Å². The van der Waals surface area contributed by atoms with E-state index in [9.17, 15) is 23.2 Å². The molecule has 2 saturated heterocycles. The molecule has 3 aromatic carbocycles. The third kappa shape index (κ3) is 6.21. The largest absolute Gasteiger partial charge is 0.375 e. The van der Waals surface area contributed by atoms with Crippen molar-refractivity contribution in [2.75, 3.05) is 33.3 Å². The number of likely N-dealkylation sites (N-methyl/N-ethyl adjacent to an activating group) is 1. The minimum atomic E-state index is -0.935. The fourth-order valence-electron chi connectivity index (χ4n) is 5.19.